The Balaban J connectivity index is 1.30. The summed E-state index contributed by atoms with van der Waals surface area (Å²) in [7, 11) is 0. The average molecular weight is 429 g/mol. The molecule has 4 rings (SSSR count). The number of allylic oxidation sites excluding steroid dienone is 1. The number of thioether (sulfide) groups is 1. The minimum absolute atomic E-state index is 0.0828. The number of benzene rings is 1. The van der Waals surface area contributed by atoms with E-state index >= 15 is 0 Å². The van der Waals surface area contributed by atoms with Gasteiger partial charge in [0.25, 0.3) is 0 Å². The van der Waals surface area contributed by atoms with Gasteiger partial charge in [0.15, 0.2) is 5.16 Å². The molecule has 0 bridgehead atoms. The van der Waals surface area contributed by atoms with Gasteiger partial charge >= 0.3 is 0 Å². The van der Waals surface area contributed by atoms with Crippen LogP contribution in [0.25, 0.3) is 11.3 Å². The van der Waals surface area contributed by atoms with Gasteiger partial charge in [0.2, 0.25) is 5.91 Å². The lowest BCUT2D eigenvalue weighted by molar-refractivity contribution is -0.118. The van der Waals surface area contributed by atoms with Crippen molar-refractivity contribution in [1.29, 1.82) is 0 Å². The molecule has 0 radical (unpaired) electrons. The van der Waals surface area contributed by atoms with Crippen LogP contribution in [0.15, 0.2) is 58.6 Å². The fourth-order valence-electron chi connectivity index (χ4n) is 2.96. The van der Waals surface area contributed by atoms with Gasteiger partial charge in [-0.1, -0.05) is 29.4 Å². The number of nitrogens with one attached hydrogen (secondary N) is 1. The van der Waals surface area contributed by atoms with Crippen LogP contribution < -0.4 is 5.32 Å². The highest BCUT2D eigenvalue weighted by atomic mass is 35.5. The molecular formula is C21H21ClN4O2S. The molecule has 1 aromatic carbocycles. The Bertz CT molecular complexity index is 1010. The minimum atomic E-state index is -0.0828. The van der Waals surface area contributed by atoms with Crippen LogP contribution in [0.1, 0.15) is 30.3 Å². The quantitative estimate of drug-likeness (QED) is 0.396. The van der Waals surface area contributed by atoms with Gasteiger partial charge in [0.05, 0.1) is 12.3 Å². The summed E-state index contributed by atoms with van der Waals surface area (Å²) in [6.07, 6.45) is 4.14. The molecule has 29 heavy (non-hydrogen) atoms. The van der Waals surface area contributed by atoms with Gasteiger partial charge < -0.3 is 14.3 Å². The van der Waals surface area contributed by atoms with Crippen LogP contribution in [-0.2, 0) is 17.9 Å². The first-order chi connectivity index (χ1) is 14.1. The number of carbonyl (C=O) groups is 1. The third-order valence-corrected chi connectivity index (χ3v) is 5.80. The summed E-state index contributed by atoms with van der Waals surface area (Å²) in [5, 5.41) is 12.9. The van der Waals surface area contributed by atoms with Crippen molar-refractivity contribution >= 4 is 29.3 Å². The number of furan rings is 1. The Morgan fingerprint density at radius 1 is 1.28 bits per heavy atom. The van der Waals surface area contributed by atoms with Crippen molar-refractivity contribution in [1.82, 2.24) is 20.1 Å². The maximum absolute atomic E-state index is 12.3. The van der Waals surface area contributed by atoms with E-state index in [1.165, 1.54) is 11.8 Å². The van der Waals surface area contributed by atoms with Gasteiger partial charge in [-0.3, -0.25) is 4.79 Å². The van der Waals surface area contributed by atoms with Gasteiger partial charge in [0.1, 0.15) is 17.3 Å². The minimum Gasteiger partial charge on any atom is -0.459 e. The van der Waals surface area contributed by atoms with Crippen LogP contribution >= 0.6 is 23.4 Å². The molecule has 1 fully saturated rings. The average Bonchev–Trinajstić information content (AvgIpc) is 3.32. The van der Waals surface area contributed by atoms with Crippen molar-refractivity contribution in [2.75, 3.05) is 5.75 Å². The van der Waals surface area contributed by atoms with E-state index in [1.54, 1.807) is 0 Å². The maximum Gasteiger partial charge on any atom is 0.230 e. The largest absolute Gasteiger partial charge is 0.459 e. The van der Waals surface area contributed by atoms with Gasteiger partial charge in [-0.15, -0.1) is 16.8 Å². The maximum atomic E-state index is 12.3. The Kier molecular flexibility index (Phi) is 6.06. The van der Waals surface area contributed by atoms with Crippen molar-refractivity contribution in [2.24, 2.45) is 0 Å². The van der Waals surface area contributed by atoms with Crippen molar-refractivity contribution < 1.29 is 9.21 Å². The van der Waals surface area contributed by atoms with E-state index in [0.717, 1.165) is 35.1 Å². The predicted molar refractivity (Wildman–Crippen MR) is 114 cm³/mol. The third-order valence-electron chi connectivity index (χ3n) is 4.58. The lowest BCUT2D eigenvalue weighted by Gasteiger charge is -2.07. The molecule has 0 spiro atoms. The smallest absolute Gasteiger partial charge is 0.230 e. The van der Waals surface area contributed by atoms with E-state index in [1.807, 2.05) is 47.0 Å². The Hall–Kier alpha value is -2.51. The van der Waals surface area contributed by atoms with Gasteiger partial charge in [-0.05, 0) is 49.2 Å². The summed E-state index contributed by atoms with van der Waals surface area (Å²) in [6.45, 7) is 4.79. The SMILES string of the molecule is C=CCn1c(SCC(=O)NCc2ccc(-c3ccc(Cl)cc3)o2)nnc1C1CC1. The predicted octanol–water partition coefficient (Wildman–Crippen LogP) is 4.66. The second-order valence-electron chi connectivity index (χ2n) is 6.85. The highest BCUT2D eigenvalue weighted by molar-refractivity contribution is 7.99. The van der Waals surface area contributed by atoms with Crippen LogP contribution in [0, 0.1) is 0 Å². The molecule has 1 N–H and O–H groups in total. The summed E-state index contributed by atoms with van der Waals surface area (Å²) in [5.74, 6) is 3.12. The van der Waals surface area contributed by atoms with Crippen molar-refractivity contribution in [3.63, 3.8) is 0 Å². The van der Waals surface area contributed by atoms with Crippen LogP contribution in [0.5, 0.6) is 0 Å². The molecule has 6 nitrogen and oxygen atoms in total. The number of halogens is 1. The van der Waals surface area contributed by atoms with E-state index in [4.69, 9.17) is 16.0 Å². The molecule has 2 heterocycles. The normalized spacial score (nSPS) is 13.4. The fourth-order valence-corrected chi connectivity index (χ4v) is 3.87. The lowest BCUT2D eigenvalue weighted by Crippen LogP contribution is -2.24. The molecule has 2 aromatic heterocycles. The monoisotopic (exact) mass is 428 g/mol. The third kappa shape index (κ3) is 4.92. The van der Waals surface area contributed by atoms with Crippen molar-refractivity contribution in [3.05, 3.63) is 65.7 Å². The molecule has 0 unspecified atom stereocenters. The summed E-state index contributed by atoms with van der Waals surface area (Å²) < 4.78 is 7.86. The number of amides is 1. The zero-order chi connectivity index (χ0) is 20.2. The van der Waals surface area contributed by atoms with Gasteiger partial charge in [0, 0.05) is 23.0 Å². The van der Waals surface area contributed by atoms with E-state index in [2.05, 4.69) is 22.1 Å². The molecule has 8 heteroatoms. The number of aromatic nitrogens is 3. The zero-order valence-electron chi connectivity index (χ0n) is 15.8. The highest BCUT2D eigenvalue weighted by Gasteiger charge is 2.30. The van der Waals surface area contributed by atoms with Crippen LogP contribution in [0.3, 0.4) is 0 Å². The van der Waals surface area contributed by atoms with Crippen molar-refractivity contribution in [3.8, 4) is 11.3 Å². The van der Waals surface area contributed by atoms with Gasteiger partial charge in [-0.2, -0.15) is 0 Å². The summed E-state index contributed by atoms with van der Waals surface area (Å²) in [4.78, 5) is 12.3. The van der Waals surface area contributed by atoms with Gasteiger partial charge in [-0.25, -0.2) is 0 Å². The van der Waals surface area contributed by atoms with E-state index < -0.39 is 0 Å². The second-order valence-corrected chi connectivity index (χ2v) is 8.23. The molecule has 3 aromatic rings. The number of hydrogen-bond donors (Lipinski definition) is 1. The topological polar surface area (TPSA) is 73.0 Å². The van der Waals surface area contributed by atoms with E-state index in [0.29, 0.717) is 29.8 Å². The Morgan fingerprint density at radius 3 is 2.79 bits per heavy atom. The highest BCUT2D eigenvalue weighted by Crippen LogP contribution is 2.40. The molecule has 150 valence electrons. The molecule has 0 aliphatic heterocycles. The lowest BCUT2D eigenvalue weighted by atomic mass is 10.2. The molecule has 1 aliphatic carbocycles. The zero-order valence-corrected chi connectivity index (χ0v) is 17.4. The Morgan fingerprint density at radius 2 is 2.07 bits per heavy atom. The summed E-state index contributed by atoms with van der Waals surface area (Å²) in [5.41, 5.74) is 0.940. The fraction of sp³-hybridized carbons (Fsp3) is 0.286. The molecule has 0 saturated heterocycles. The van der Waals surface area contributed by atoms with Crippen LogP contribution in [-0.4, -0.2) is 26.4 Å². The molecular weight excluding hydrogens is 408 g/mol. The number of nitrogens with zero attached hydrogens (tertiary/aromatic N) is 3. The number of carbonyl (C=O) groups excluding carboxylic acids is 1. The molecule has 0 atom stereocenters. The first-order valence-corrected chi connectivity index (χ1v) is 10.8. The van der Waals surface area contributed by atoms with Crippen LogP contribution in [0.4, 0.5) is 0 Å². The first kappa shape index (κ1) is 19.8. The number of rotatable bonds is 9. The van der Waals surface area contributed by atoms with E-state index in [-0.39, 0.29) is 11.7 Å². The molecule has 1 aliphatic rings. The number of hydrogen-bond acceptors (Lipinski definition) is 5. The Labute approximate surface area is 178 Å². The molecule has 1 saturated carbocycles. The summed E-state index contributed by atoms with van der Waals surface area (Å²) >= 11 is 7.30. The molecule has 1 amide bonds. The second kappa shape index (κ2) is 8.88. The van der Waals surface area contributed by atoms with Crippen molar-refractivity contribution in [2.45, 2.75) is 37.0 Å². The van der Waals surface area contributed by atoms with Crippen LogP contribution in [0.2, 0.25) is 5.02 Å². The standard InChI is InChI=1S/C21H21ClN4O2S/c1-2-11-26-20(15-3-4-15)24-25-21(26)29-13-19(27)23-12-17-9-10-18(28-17)14-5-7-16(22)8-6-14/h2,5-10,15H,1,3-4,11-13H2,(H,23,27). The van der Waals surface area contributed by atoms with E-state index in [9.17, 15) is 4.79 Å². The summed E-state index contributed by atoms with van der Waals surface area (Å²) in [6, 6.07) is 11.2. The first-order valence-electron chi connectivity index (χ1n) is 9.42.